The van der Waals surface area contributed by atoms with Gasteiger partial charge in [0.2, 0.25) is 0 Å². The Bertz CT molecular complexity index is 528. The van der Waals surface area contributed by atoms with Crippen molar-refractivity contribution in [3.8, 4) is 0 Å². The number of fused-ring (bicyclic) bond motifs is 3. The zero-order valence-electron chi connectivity index (χ0n) is 12.9. The summed E-state index contributed by atoms with van der Waals surface area (Å²) in [6.45, 7) is 7.60. The fourth-order valence-corrected chi connectivity index (χ4v) is 3.28. The molecule has 0 radical (unpaired) electrons. The van der Waals surface area contributed by atoms with Gasteiger partial charge in [-0.15, -0.1) is 0 Å². The predicted octanol–water partition coefficient (Wildman–Crippen LogP) is 0.496. The van der Waals surface area contributed by atoms with Crippen LogP contribution < -0.4 is 0 Å². The van der Waals surface area contributed by atoms with E-state index in [1.54, 1.807) is 0 Å². The van der Waals surface area contributed by atoms with E-state index < -0.39 is 0 Å². The maximum Gasteiger partial charge on any atom is 0.257 e. The van der Waals surface area contributed by atoms with Gasteiger partial charge in [0, 0.05) is 25.6 Å². The fraction of sp³-hybridized carbons (Fsp3) is 0.667. The number of hydrogen-bond donors (Lipinski definition) is 0. The molecule has 21 heavy (non-hydrogen) atoms. The first kappa shape index (κ1) is 14.4. The van der Waals surface area contributed by atoms with Gasteiger partial charge < -0.3 is 9.64 Å². The summed E-state index contributed by atoms with van der Waals surface area (Å²) in [6, 6.07) is 0.270. The Labute approximate surface area is 125 Å². The normalized spacial score (nSPS) is 26.5. The standard InChI is InChI=1S/C15H22N4O2/c1-10-14(11(2)17-9-16-10)15(20)19-5-12-4-18(3)13(6-19)8-21-7-12/h9,12-13H,4-8H2,1-3H3/t12-,13+/m1/s1. The molecule has 2 fully saturated rings. The summed E-state index contributed by atoms with van der Waals surface area (Å²) in [6.07, 6.45) is 1.51. The number of amides is 1. The van der Waals surface area contributed by atoms with Crippen molar-refractivity contribution in [1.82, 2.24) is 19.8 Å². The maximum atomic E-state index is 12.9. The van der Waals surface area contributed by atoms with Gasteiger partial charge in [-0.25, -0.2) is 9.97 Å². The third kappa shape index (κ3) is 2.78. The van der Waals surface area contributed by atoms with Crippen molar-refractivity contribution in [3.05, 3.63) is 23.3 Å². The number of aryl methyl sites for hydroxylation is 2. The molecular formula is C15H22N4O2. The minimum absolute atomic E-state index is 0.0535. The summed E-state index contributed by atoms with van der Waals surface area (Å²) in [5, 5.41) is 0. The van der Waals surface area contributed by atoms with Crippen molar-refractivity contribution in [3.63, 3.8) is 0 Å². The molecule has 2 bridgehead atoms. The van der Waals surface area contributed by atoms with E-state index in [4.69, 9.17) is 4.74 Å². The summed E-state index contributed by atoms with van der Waals surface area (Å²) in [5.74, 6) is 0.425. The van der Waals surface area contributed by atoms with Crippen molar-refractivity contribution in [2.24, 2.45) is 5.92 Å². The molecule has 0 N–H and O–H groups in total. The highest BCUT2D eigenvalue weighted by Crippen LogP contribution is 2.21. The third-order valence-corrected chi connectivity index (χ3v) is 4.47. The average Bonchev–Trinajstić information content (AvgIpc) is 2.66. The lowest BCUT2D eigenvalue weighted by Crippen LogP contribution is -2.45. The van der Waals surface area contributed by atoms with Gasteiger partial charge in [-0.1, -0.05) is 0 Å². The van der Waals surface area contributed by atoms with Crippen LogP contribution in [0.1, 0.15) is 21.7 Å². The van der Waals surface area contributed by atoms with Crippen LogP contribution >= 0.6 is 0 Å². The van der Waals surface area contributed by atoms with Gasteiger partial charge in [-0.2, -0.15) is 0 Å². The first-order chi connectivity index (χ1) is 10.1. The summed E-state index contributed by atoms with van der Waals surface area (Å²) < 4.78 is 5.71. The van der Waals surface area contributed by atoms with E-state index in [2.05, 4.69) is 21.9 Å². The van der Waals surface area contributed by atoms with Crippen LogP contribution in [0.5, 0.6) is 0 Å². The molecule has 0 aliphatic carbocycles. The van der Waals surface area contributed by atoms with E-state index in [1.807, 2.05) is 18.7 Å². The Morgan fingerprint density at radius 2 is 1.90 bits per heavy atom. The van der Waals surface area contributed by atoms with Crippen LogP contribution in [0, 0.1) is 19.8 Å². The van der Waals surface area contributed by atoms with Gasteiger partial charge in [-0.3, -0.25) is 9.69 Å². The molecule has 3 heterocycles. The second-order valence-electron chi connectivity index (χ2n) is 6.13. The van der Waals surface area contributed by atoms with Gasteiger partial charge in [0.1, 0.15) is 6.33 Å². The first-order valence-electron chi connectivity index (χ1n) is 7.41. The largest absolute Gasteiger partial charge is 0.379 e. The summed E-state index contributed by atoms with van der Waals surface area (Å²) in [7, 11) is 2.11. The maximum absolute atomic E-state index is 12.9. The number of carbonyl (C=O) groups is 1. The fourth-order valence-electron chi connectivity index (χ4n) is 3.28. The zero-order valence-corrected chi connectivity index (χ0v) is 12.9. The molecule has 0 aromatic carbocycles. The van der Waals surface area contributed by atoms with Crippen molar-refractivity contribution >= 4 is 5.91 Å². The Morgan fingerprint density at radius 1 is 1.19 bits per heavy atom. The molecule has 1 aromatic rings. The third-order valence-electron chi connectivity index (χ3n) is 4.47. The van der Waals surface area contributed by atoms with Crippen molar-refractivity contribution < 1.29 is 9.53 Å². The highest BCUT2D eigenvalue weighted by Gasteiger charge is 2.34. The molecule has 1 amide bonds. The molecule has 3 rings (SSSR count). The van der Waals surface area contributed by atoms with E-state index >= 15 is 0 Å². The number of carbonyl (C=O) groups excluding carboxylic acids is 1. The van der Waals surface area contributed by atoms with Crippen molar-refractivity contribution in [2.45, 2.75) is 19.9 Å². The highest BCUT2D eigenvalue weighted by atomic mass is 16.5. The predicted molar refractivity (Wildman–Crippen MR) is 78.1 cm³/mol. The van der Waals surface area contributed by atoms with Gasteiger partial charge >= 0.3 is 0 Å². The molecule has 0 saturated carbocycles. The van der Waals surface area contributed by atoms with Gasteiger partial charge in [0.05, 0.1) is 36.2 Å². The number of aromatic nitrogens is 2. The summed E-state index contributed by atoms with van der Waals surface area (Å²) in [4.78, 5) is 25.5. The van der Waals surface area contributed by atoms with E-state index in [0.717, 1.165) is 31.1 Å². The first-order valence-corrected chi connectivity index (χ1v) is 7.41. The SMILES string of the molecule is Cc1ncnc(C)c1C(=O)N1C[C@@H]2COC[C@H](C1)N(C)C2. The lowest BCUT2D eigenvalue weighted by Gasteiger charge is -2.30. The topological polar surface area (TPSA) is 58.6 Å². The molecule has 1 aromatic heterocycles. The Hall–Kier alpha value is -1.53. The zero-order chi connectivity index (χ0) is 15.0. The number of hydrogen-bond acceptors (Lipinski definition) is 5. The number of ether oxygens (including phenoxy) is 1. The van der Waals surface area contributed by atoms with Crippen LogP contribution in [-0.4, -0.2) is 71.6 Å². The molecular weight excluding hydrogens is 268 g/mol. The Morgan fingerprint density at radius 3 is 2.62 bits per heavy atom. The molecule has 114 valence electrons. The molecule has 2 aliphatic rings. The van der Waals surface area contributed by atoms with Crippen LogP contribution in [0.4, 0.5) is 0 Å². The molecule has 0 unspecified atom stereocenters. The molecule has 2 saturated heterocycles. The van der Waals surface area contributed by atoms with Gasteiger partial charge in [0.15, 0.2) is 0 Å². The molecule has 0 spiro atoms. The van der Waals surface area contributed by atoms with Crippen LogP contribution in [0.2, 0.25) is 0 Å². The van der Waals surface area contributed by atoms with E-state index in [9.17, 15) is 4.79 Å². The number of rotatable bonds is 1. The van der Waals surface area contributed by atoms with Crippen LogP contribution in [0.3, 0.4) is 0 Å². The quantitative estimate of drug-likeness (QED) is 0.753. The van der Waals surface area contributed by atoms with Crippen LogP contribution in [-0.2, 0) is 4.74 Å². The van der Waals surface area contributed by atoms with Crippen molar-refractivity contribution in [2.75, 3.05) is 39.9 Å². The Balaban J connectivity index is 1.88. The van der Waals surface area contributed by atoms with E-state index in [1.165, 1.54) is 6.33 Å². The second kappa shape index (κ2) is 5.69. The second-order valence-corrected chi connectivity index (χ2v) is 6.13. The molecule has 2 aliphatic heterocycles. The highest BCUT2D eigenvalue weighted by molar-refractivity contribution is 5.96. The molecule has 2 atom stereocenters. The lowest BCUT2D eigenvalue weighted by molar-refractivity contribution is 0.0432. The van der Waals surface area contributed by atoms with Gasteiger partial charge in [0.25, 0.3) is 5.91 Å². The lowest BCUT2D eigenvalue weighted by atomic mass is 10.1. The summed E-state index contributed by atoms with van der Waals surface area (Å²) in [5.41, 5.74) is 2.17. The van der Waals surface area contributed by atoms with Crippen LogP contribution in [0.15, 0.2) is 6.33 Å². The average molecular weight is 290 g/mol. The minimum Gasteiger partial charge on any atom is -0.379 e. The van der Waals surface area contributed by atoms with Crippen molar-refractivity contribution in [1.29, 1.82) is 0 Å². The molecule has 6 heteroatoms. The minimum atomic E-state index is 0.0535. The van der Waals surface area contributed by atoms with E-state index in [-0.39, 0.29) is 11.9 Å². The number of likely N-dealkylation sites (N-methyl/N-ethyl adjacent to an activating group) is 1. The number of nitrogens with zero attached hydrogens (tertiary/aromatic N) is 4. The monoisotopic (exact) mass is 290 g/mol. The molecule has 6 nitrogen and oxygen atoms in total. The summed E-state index contributed by atoms with van der Waals surface area (Å²) >= 11 is 0. The Kier molecular flexibility index (Phi) is 3.91. The smallest absolute Gasteiger partial charge is 0.257 e. The van der Waals surface area contributed by atoms with E-state index in [0.29, 0.717) is 24.6 Å². The van der Waals surface area contributed by atoms with Gasteiger partial charge in [-0.05, 0) is 20.9 Å². The van der Waals surface area contributed by atoms with Crippen LogP contribution in [0.25, 0.3) is 0 Å².